The third-order valence-corrected chi connectivity index (χ3v) is 5.82. The van der Waals surface area contributed by atoms with Crippen LogP contribution in [0.2, 0.25) is 0 Å². The summed E-state index contributed by atoms with van der Waals surface area (Å²) in [6.45, 7) is 6.85. The molecule has 1 N–H and O–H groups in total. The summed E-state index contributed by atoms with van der Waals surface area (Å²) in [5.41, 5.74) is 1.17. The van der Waals surface area contributed by atoms with Crippen LogP contribution in [0.4, 0.5) is 0 Å². The Morgan fingerprint density at radius 3 is 1.36 bits per heavy atom. The molecule has 0 unspecified atom stereocenters. The van der Waals surface area contributed by atoms with Crippen molar-refractivity contribution >= 4 is 0 Å². The van der Waals surface area contributed by atoms with E-state index >= 15 is 0 Å². The van der Waals surface area contributed by atoms with E-state index in [9.17, 15) is 0 Å². The second-order valence-electron chi connectivity index (χ2n) is 7.88. The zero-order valence-corrected chi connectivity index (χ0v) is 14.7. The minimum absolute atomic E-state index is 0.329. The molecule has 0 spiro atoms. The Morgan fingerprint density at radius 2 is 1.05 bits per heavy atom. The molecule has 1 aromatic rings. The lowest BCUT2D eigenvalue weighted by molar-refractivity contribution is 0.155. The Kier molecular flexibility index (Phi) is 6.79. The molecule has 2 aliphatic carbocycles. The van der Waals surface area contributed by atoms with Gasteiger partial charge in [0.25, 0.3) is 0 Å². The van der Waals surface area contributed by atoms with Gasteiger partial charge in [0.1, 0.15) is 5.75 Å². The first-order chi connectivity index (χ1) is 10.5. The highest BCUT2D eigenvalue weighted by Crippen LogP contribution is 2.40. The molecule has 3 rings (SSSR count). The third kappa shape index (κ3) is 5.66. The van der Waals surface area contributed by atoms with Crippen LogP contribution in [-0.4, -0.2) is 5.11 Å². The maximum atomic E-state index is 8.76. The van der Waals surface area contributed by atoms with Crippen molar-refractivity contribution in [2.24, 2.45) is 23.7 Å². The van der Waals surface area contributed by atoms with Gasteiger partial charge in [0.15, 0.2) is 0 Å². The van der Waals surface area contributed by atoms with Gasteiger partial charge in [-0.05, 0) is 68.4 Å². The number of phenols is 1. The van der Waals surface area contributed by atoms with Gasteiger partial charge in [-0.1, -0.05) is 57.2 Å². The van der Waals surface area contributed by atoms with E-state index < -0.39 is 0 Å². The molecule has 0 aromatic heterocycles. The lowest BCUT2D eigenvalue weighted by atomic mass is 9.70. The van der Waals surface area contributed by atoms with Gasteiger partial charge in [0, 0.05) is 0 Å². The average Bonchev–Trinajstić information content (AvgIpc) is 2.53. The fourth-order valence-corrected chi connectivity index (χ4v) is 4.06. The van der Waals surface area contributed by atoms with Crippen molar-refractivity contribution in [3.05, 3.63) is 29.8 Å². The highest BCUT2D eigenvalue weighted by molar-refractivity contribution is 5.24. The summed E-state index contributed by atoms with van der Waals surface area (Å²) >= 11 is 0. The molecular weight excluding hydrogens is 268 g/mol. The van der Waals surface area contributed by atoms with Gasteiger partial charge in [-0.2, -0.15) is 0 Å². The third-order valence-electron chi connectivity index (χ3n) is 5.82. The van der Waals surface area contributed by atoms with Gasteiger partial charge >= 0.3 is 0 Å². The number of hydrogen-bond acceptors (Lipinski definition) is 1. The van der Waals surface area contributed by atoms with Crippen LogP contribution < -0.4 is 0 Å². The largest absolute Gasteiger partial charge is 0.508 e. The van der Waals surface area contributed by atoms with Crippen LogP contribution in [0.3, 0.4) is 0 Å². The number of phenolic OH excluding ortho intramolecular Hbond substituents is 1. The summed E-state index contributed by atoms with van der Waals surface area (Å²) in [7, 11) is 0. The number of aryl methyl sites for hydroxylation is 1. The first-order valence-electron chi connectivity index (χ1n) is 9.30. The van der Waals surface area contributed by atoms with Crippen LogP contribution in [-0.2, 0) is 0 Å². The van der Waals surface area contributed by atoms with Crippen molar-refractivity contribution in [2.75, 3.05) is 0 Å². The van der Waals surface area contributed by atoms with Crippen molar-refractivity contribution in [1.82, 2.24) is 0 Å². The van der Waals surface area contributed by atoms with Crippen LogP contribution in [0.25, 0.3) is 0 Å². The van der Waals surface area contributed by atoms with Crippen molar-refractivity contribution < 1.29 is 5.11 Å². The van der Waals surface area contributed by atoms with Crippen molar-refractivity contribution in [2.45, 2.75) is 72.1 Å². The Bertz CT molecular complexity index is 365. The smallest absolute Gasteiger partial charge is 0.115 e. The predicted octanol–water partition coefficient (Wildman–Crippen LogP) is 6.34. The molecular formula is C21H34O. The number of aromatic hydroxyl groups is 1. The molecule has 2 aliphatic rings. The van der Waals surface area contributed by atoms with Crippen molar-refractivity contribution in [1.29, 1.82) is 0 Å². The van der Waals surface area contributed by atoms with E-state index in [1.807, 2.05) is 19.1 Å². The molecule has 1 heteroatoms. The average molecular weight is 303 g/mol. The Morgan fingerprint density at radius 1 is 0.682 bits per heavy atom. The molecule has 124 valence electrons. The topological polar surface area (TPSA) is 20.2 Å². The minimum atomic E-state index is 0.329. The Balaban J connectivity index is 0.000000188. The molecule has 2 fully saturated rings. The van der Waals surface area contributed by atoms with E-state index in [2.05, 4.69) is 13.8 Å². The zero-order valence-electron chi connectivity index (χ0n) is 14.7. The Labute approximate surface area is 137 Å². The van der Waals surface area contributed by atoms with Crippen LogP contribution in [0.1, 0.15) is 70.8 Å². The molecule has 0 saturated heterocycles. The summed E-state index contributed by atoms with van der Waals surface area (Å²) in [6, 6.07) is 7.09. The molecule has 0 bridgehead atoms. The van der Waals surface area contributed by atoms with Gasteiger partial charge in [0.2, 0.25) is 0 Å². The summed E-state index contributed by atoms with van der Waals surface area (Å²) in [5, 5.41) is 8.76. The molecule has 1 nitrogen and oxygen atoms in total. The fraction of sp³-hybridized carbons (Fsp3) is 0.714. The lowest BCUT2D eigenvalue weighted by Crippen LogP contribution is -2.24. The van der Waals surface area contributed by atoms with E-state index in [1.165, 1.54) is 31.2 Å². The van der Waals surface area contributed by atoms with Gasteiger partial charge < -0.3 is 5.11 Å². The van der Waals surface area contributed by atoms with Crippen molar-refractivity contribution in [3.63, 3.8) is 0 Å². The quantitative estimate of drug-likeness (QED) is 0.641. The van der Waals surface area contributed by atoms with Gasteiger partial charge in [-0.25, -0.2) is 0 Å². The molecule has 0 heterocycles. The predicted molar refractivity (Wildman–Crippen MR) is 95.1 cm³/mol. The van der Waals surface area contributed by atoms with E-state index in [4.69, 9.17) is 5.11 Å². The molecule has 22 heavy (non-hydrogen) atoms. The van der Waals surface area contributed by atoms with Gasteiger partial charge in [-0.3, -0.25) is 0 Å². The first kappa shape index (κ1) is 17.4. The summed E-state index contributed by atoms with van der Waals surface area (Å²) in [4.78, 5) is 0. The highest BCUT2D eigenvalue weighted by Gasteiger charge is 2.28. The number of rotatable bonds is 1. The Hall–Kier alpha value is -0.980. The van der Waals surface area contributed by atoms with Crippen LogP contribution in [0.15, 0.2) is 24.3 Å². The molecule has 1 aromatic carbocycles. The fourth-order valence-electron chi connectivity index (χ4n) is 4.06. The van der Waals surface area contributed by atoms with E-state index in [-0.39, 0.29) is 0 Å². The summed E-state index contributed by atoms with van der Waals surface area (Å²) in [5.74, 6) is 4.59. The maximum absolute atomic E-state index is 8.76. The van der Waals surface area contributed by atoms with Crippen LogP contribution in [0.5, 0.6) is 5.75 Å². The normalized spacial score (nSPS) is 32.0. The van der Waals surface area contributed by atoms with Crippen molar-refractivity contribution in [3.8, 4) is 5.75 Å². The molecule has 0 atom stereocenters. The van der Waals surface area contributed by atoms with Crippen LogP contribution >= 0.6 is 0 Å². The summed E-state index contributed by atoms with van der Waals surface area (Å²) < 4.78 is 0. The summed E-state index contributed by atoms with van der Waals surface area (Å²) in [6.07, 6.45) is 12.2. The lowest BCUT2D eigenvalue weighted by Gasteiger charge is -2.36. The van der Waals surface area contributed by atoms with E-state index in [1.54, 1.807) is 37.8 Å². The highest BCUT2D eigenvalue weighted by atomic mass is 16.3. The van der Waals surface area contributed by atoms with Gasteiger partial charge in [0.05, 0.1) is 0 Å². The van der Waals surface area contributed by atoms with Gasteiger partial charge in [-0.15, -0.1) is 0 Å². The maximum Gasteiger partial charge on any atom is 0.115 e. The first-order valence-corrected chi connectivity index (χ1v) is 9.30. The second-order valence-corrected chi connectivity index (χ2v) is 7.88. The molecule has 0 amide bonds. The SMILES string of the molecule is CC1CCC(C2CCC(C)CC2)CC1.Cc1ccc(O)cc1. The monoisotopic (exact) mass is 302 g/mol. The zero-order chi connectivity index (χ0) is 15.9. The van der Waals surface area contributed by atoms with E-state index in [0.717, 1.165) is 23.7 Å². The number of hydrogen-bond donors (Lipinski definition) is 1. The second kappa shape index (κ2) is 8.60. The standard InChI is InChI=1S/C14H26.C7H8O/c1-11-3-7-13(8-4-11)14-9-5-12(2)6-10-14;1-6-2-4-7(8)5-3-6/h11-14H,3-10H2,1-2H3;2-5,8H,1H3. The molecule has 0 aliphatic heterocycles. The van der Waals surface area contributed by atoms with E-state index in [0.29, 0.717) is 5.75 Å². The minimum Gasteiger partial charge on any atom is -0.508 e. The molecule has 2 saturated carbocycles. The molecule has 0 radical (unpaired) electrons. The van der Waals surface area contributed by atoms with Crippen LogP contribution in [0, 0.1) is 30.6 Å². The number of benzene rings is 1.